The molecule has 1 aromatic carbocycles. The Labute approximate surface area is 213 Å². The fraction of sp³-hybridized carbons (Fsp3) is 0.429. The molecule has 0 spiro atoms. The number of nitrogens with zero attached hydrogens (tertiary/aromatic N) is 4. The molecule has 0 radical (unpaired) electrons. The fourth-order valence-electron chi connectivity index (χ4n) is 5.29. The number of amides is 1. The van der Waals surface area contributed by atoms with Crippen molar-refractivity contribution in [3.63, 3.8) is 0 Å². The molecule has 1 aliphatic heterocycles. The Morgan fingerprint density at radius 2 is 2.03 bits per heavy atom. The number of aromatic nitrogens is 2. The molecule has 3 atom stereocenters. The van der Waals surface area contributed by atoms with Gasteiger partial charge in [-0.15, -0.1) is 0 Å². The third-order valence-electron chi connectivity index (χ3n) is 7.52. The minimum absolute atomic E-state index is 0.0349. The van der Waals surface area contributed by atoms with Crippen molar-refractivity contribution >= 4 is 22.7 Å². The van der Waals surface area contributed by atoms with E-state index in [9.17, 15) is 22.8 Å². The van der Waals surface area contributed by atoms with Crippen LogP contribution in [0.1, 0.15) is 58.8 Å². The number of pyridine rings is 1. The van der Waals surface area contributed by atoms with Gasteiger partial charge in [0, 0.05) is 49.9 Å². The number of piperidine rings is 1. The van der Waals surface area contributed by atoms with Crippen LogP contribution in [0.3, 0.4) is 0 Å². The molecule has 1 fully saturated rings. The average Bonchev–Trinajstić information content (AvgIpc) is 3.20. The van der Waals surface area contributed by atoms with Crippen molar-refractivity contribution in [3.05, 3.63) is 64.5 Å². The molecule has 0 saturated carbocycles. The number of ketones is 1. The van der Waals surface area contributed by atoms with Gasteiger partial charge in [-0.25, -0.2) is 4.98 Å². The lowest BCUT2D eigenvalue weighted by atomic mass is 9.80. The van der Waals surface area contributed by atoms with Crippen LogP contribution in [0.25, 0.3) is 11.0 Å². The SMILES string of the molecule is Cc1c(CC(=O)c2cccc(C#N)c2)cnc2c1c([C@@H]1CCN(C(=O)[C@H](C)C(F)(F)F)C[C@@H]1C)cn2C. The Morgan fingerprint density at radius 1 is 1.30 bits per heavy atom. The minimum Gasteiger partial charge on any atom is -0.342 e. The van der Waals surface area contributed by atoms with E-state index in [1.807, 2.05) is 37.7 Å². The molecule has 0 unspecified atom stereocenters. The van der Waals surface area contributed by atoms with Crippen LogP contribution >= 0.6 is 0 Å². The lowest BCUT2D eigenvalue weighted by molar-refractivity contribution is -0.186. The molecule has 0 bridgehead atoms. The number of aryl methyl sites for hydroxylation is 2. The van der Waals surface area contributed by atoms with Gasteiger partial charge in [0.2, 0.25) is 5.91 Å². The second-order valence-corrected chi connectivity index (χ2v) is 10.0. The topological polar surface area (TPSA) is 79.0 Å². The van der Waals surface area contributed by atoms with Gasteiger partial charge < -0.3 is 9.47 Å². The second-order valence-electron chi connectivity index (χ2n) is 10.0. The molecule has 1 amide bonds. The fourth-order valence-corrected chi connectivity index (χ4v) is 5.29. The molecular weight excluding hydrogens is 481 g/mol. The smallest absolute Gasteiger partial charge is 0.342 e. The molecule has 1 saturated heterocycles. The number of halogens is 3. The number of carbonyl (C=O) groups is 2. The number of hydrogen-bond donors (Lipinski definition) is 0. The first-order chi connectivity index (χ1) is 17.4. The van der Waals surface area contributed by atoms with Crippen molar-refractivity contribution in [2.75, 3.05) is 13.1 Å². The molecule has 0 N–H and O–H groups in total. The van der Waals surface area contributed by atoms with Gasteiger partial charge in [0.15, 0.2) is 5.78 Å². The number of nitriles is 1. The van der Waals surface area contributed by atoms with E-state index < -0.39 is 18.0 Å². The summed E-state index contributed by atoms with van der Waals surface area (Å²) in [6, 6.07) is 8.65. The van der Waals surface area contributed by atoms with Crippen molar-refractivity contribution in [1.29, 1.82) is 5.26 Å². The van der Waals surface area contributed by atoms with E-state index >= 15 is 0 Å². The van der Waals surface area contributed by atoms with E-state index in [2.05, 4.69) is 4.98 Å². The van der Waals surface area contributed by atoms with Crippen molar-refractivity contribution < 1.29 is 22.8 Å². The Bertz CT molecular complexity index is 1400. The number of hydrogen-bond acceptors (Lipinski definition) is 4. The van der Waals surface area contributed by atoms with Crippen LogP contribution in [0.15, 0.2) is 36.7 Å². The van der Waals surface area contributed by atoms with Crippen LogP contribution in [-0.2, 0) is 18.3 Å². The molecule has 4 rings (SSSR count). The van der Waals surface area contributed by atoms with Crippen molar-refractivity contribution in [1.82, 2.24) is 14.5 Å². The third kappa shape index (κ3) is 5.10. The van der Waals surface area contributed by atoms with Gasteiger partial charge in [0.25, 0.3) is 0 Å². The predicted octanol–water partition coefficient (Wildman–Crippen LogP) is 5.33. The molecule has 6 nitrogen and oxygen atoms in total. The summed E-state index contributed by atoms with van der Waals surface area (Å²) in [5, 5.41) is 10.1. The zero-order valence-corrected chi connectivity index (χ0v) is 21.3. The van der Waals surface area contributed by atoms with Crippen LogP contribution in [0, 0.1) is 30.1 Å². The number of likely N-dealkylation sites (tertiary alicyclic amines) is 1. The lowest BCUT2D eigenvalue weighted by Gasteiger charge is -2.38. The summed E-state index contributed by atoms with van der Waals surface area (Å²) in [6.07, 6.45) is -0.171. The number of fused-ring (bicyclic) bond motifs is 1. The summed E-state index contributed by atoms with van der Waals surface area (Å²) in [5.74, 6) is -3.03. The highest BCUT2D eigenvalue weighted by Crippen LogP contribution is 2.40. The van der Waals surface area contributed by atoms with E-state index in [1.165, 1.54) is 4.90 Å². The van der Waals surface area contributed by atoms with Gasteiger partial charge in [-0.1, -0.05) is 19.1 Å². The summed E-state index contributed by atoms with van der Waals surface area (Å²) in [7, 11) is 1.89. The monoisotopic (exact) mass is 510 g/mol. The molecule has 3 heterocycles. The number of carbonyl (C=O) groups excluding carboxylic acids is 2. The molecule has 194 valence electrons. The maximum atomic E-state index is 13.1. The lowest BCUT2D eigenvalue weighted by Crippen LogP contribution is -2.47. The van der Waals surface area contributed by atoms with Crippen LogP contribution in [0.4, 0.5) is 13.2 Å². The van der Waals surface area contributed by atoms with Crippen LogP contribution in [0.5, 0.6) is 0 Å². The van der Waals surface area contributed by atoms with Crippen molar-refractivity contribution in [3.8, 4) is 6.07 Å². The summed E-state index contributed by atoms with van der Waals surface area (Å²) in [5.41, 5.74) is 4.40. The molecule has 0 aliphatic carbocycles. The van der Waals surface area contributed by atoms with Gasteiger partial charge in [-0.05, 0) is 60.9 Å². The maximum Gasteiger partial charge on any atom is 0.400 e. The molecule has 3 aromatic rings. The number of rotatable bonds is 5. The number of benzene rings is 1. The first-order valence-corrected chi connectivity index (χ1v) is 12.2. The summed E-state index contributed by atoms with van der Waals surface area (Å²) in [6.45, 7) is 5.33. The number of Topliss-reactive ketones (excluding diaryl/α,β-unsaturated/α-hetero) is 1. The van der Waals surface area contributed by atoms with Crippen LogP contribution < -0.4 is 0 Å². The van der Waals surface area contributed by atoms with E-state index in [4.69, 9.17) is 5.26 Å². The Kier molecular flexibility index (Phi) is 7.13. The van der Waals surface area contributed by atoms with Gasteiger partial charge in [-0.2, -0.15) is 18.4 Å². The molecule has 9 heteroatoms. The zero-order valence-electron chi connectivity index (χ0n) is 21.3. The highest BCUT2D eigenvalue weighted by Gasteiger charge is 2.44. The van der Waals surface area contributed by atoms with Gasteiger partial charge in [0.05, 0.1) is 11.6 Å². The second kappa shape index (κ2) is 10.0. The summed E-state index contributed by atoms with van der Waals surface area (Å²) in [4.78, 5) is 31.4. The average molecular weight is 511 g/mol. The van der Waals surface area contributed by atoms with Crippen molar-refractivity contribution in [2.24, 2.45) is 18.9 Å². The Balaban J connectivity index is 1.61. The highest BCUT2D eigenvalue weighted by atomic mass is 19.4. The van der Waals surface area contributed by atoms with Gasteiger partial charge in [-0.3, -0.25) is 9.59 Å². The quantitative estimate of drug-likeness (QED) is 0.435. The summed E-state index contributed by atoms with van der Waals surface area (Å²) < 4.78 is 41.2. The predicted molar refractivity (Wildman–Crippen MR) is 133 cm³/mol. The minimum atomic E-state index is -4.56. The van der Waals surface area contributed by atoms with Crippen LogP contribution in [0.2, 0.25) is 0 Å². The first-order valence-electron chi connectivity index (χ1n) is 12.2. The van der Waals surface area contributed by atoms with E-state index in [0.717, 1.165) is 34.6 Å². The van der Waals surface area contributed by atoms with Gasteiger partial charge >= 0.3 is 6.18 Å². The van der Waals surface area contributed by atoms with Crippen molar-refractivity contribution in [2.45, 2.75) is 45.7 Å². The molecule has 37 heavy (non-hydrogen) atoms. The molecular formula is C28H29F3N4O2. The Hall–Kier alpha value is -3.67. The first kappa shape index (κ1) is 26.4. The third-order valence-corrected chi connectivity index (χ3v) is 7.52. The zero-order chi connectivity index (χ0) is 27.1. The Morgan fingerprint density at radius 3 is 2.68 bits per heavy atom. The normalized spacial score (nSPS) is 19.0. The van der Waals surface area contributed by atoms with E-state index in [0.29, 0.717) is 17.5 Å². The van der Waals surface area contributed by atoms with E-state index in [1.54, 1.807) is 30.5 Å². The standard InChI is InChI=1S/C28H29F3N4O2/c1-16-14-35(27(37)18(3)28(29,30)31)9-8-22(16)23-15-34(4)26-25(23)17(2)21(13-33-26)11-24(36)20-7-5-6-19(10-20)12-32/h5-7,10,13,15-16,18,22H,8-9,11,14H2,1-4H3/t16-,18-,22+/m0/s1. The van der Waals surface area contributed by atoms with Gasteiger partial charge in [0.1, 0.15) is 11.6 Å². The van der Waals surface area contributed by atoms with Crippen LogP contribution in [-0.4, -0.2) is 45.4 Å². The number of alkyl halides is 3. The molecule has 2 aromatic heterocycles. The highest BCUT2D eigenvalue weighted by molar-refractivity contribution is 5.98. The van der Waals surface area contributed by atoms with E-state index in [-0.39, 0.29) is 37.1 Å². The maximum absolute atomic E-state index is 13.1. The largest absolute Gasteiger partial charge is 0.400 e. The summed E-state index contributed by atoms with van der Waals surface area (Å²) >= 11 is 0. The molecule has 1 aliphatic rings.